The van der Waals surface area contributed by atoms with Crippen LogP contribution in [0, 0.1) is 0 Å². The van der Waals surface area contributed by atoms with Crippen LogP contribution in [0.3, 0.4) is 0 Å². The van der Waals surface area contributed by atoms with Gasteiger partial charge in [-0.05, 0) is 24.1 Å². The highest BCUT2D eigenvalue weighted by molar-refractivity contribution is 9.10. The summed E-state index contributed by atoms with van der Waals surface area (Å²) in [5, 5.41) is 0.767. The number of unbranched alkanes of at least 4 members (excludes halogenated alkanes) is 5. The van der Waals surface area contributed by atoms with Crippen LogP contribution >= 0.6 is 27.5 Å². The lowest BCUT2D eigenvalue weighted by molar-refractivity contribution is 0.547. The molecule has 18 heavy (non-hydrogen) atoms. The Bertz CT molecular complexity index is 354. The van der Waals surface area contributed by atoms with Gasteiger partial charge >= 0.3 is 0 Å². The normalized spacial score (nSPS) is 12.7. The molecule has 0 saturated carbocycles. The number of benzene rings is 1. The molecule has 0 aliphatic heterocycles. The van der Waals surface area contributed by atoms with E-state index in [0.29, 0.717) is 0 Å². The predicted molar refractivity (Wildman–Crippen MR) is 84.1 cm³/mol. The van der Waals surface area contributed by atoms with Crippen molar-refractivity contribution in [1.82, 2.24) is 0 Å². The Kier molecular flexibility index (Phi) is 7.96. The van der Waals surface area contributed by atoms with E-state index in [-0.39, 0.29) is 6.04 Å². The second-order valence-corrected chi connectivity index (χ2v) is 6.15. The van der Waals surface area contributed by atoms with E-state index in [0.717, 1.165) is 21.5 Å². The summed E-state index contributed by atoms with van der Waals surface area (Å²) in [6, 6.07) is 6.01. The third-order valence-electron chi connectivity index (χ3n) is 3.23. The van der Waals surface area contributed by atoms with Gasteiger partial charge in [-0.25, -0.2) is 0 Å². The number of halogens is 2. The first-order chi connectivity index (χ1) is 8.65. The maximum atomic E-state index is 6.20. The van der Waals surface area contributed by atoms with Crippen molar-refractivity contribution in [3.8, 4) is 0 Å². The minimum absolute atomic E-state index is 0.0665. The molecule has 1 unspecified atom stereocenters. The molecule has 3 heteroatoms. The summed E-state index contributed by atoms with van der Waals surface area (Å²) in [6.07, 6.45) is 8.82. The van der Waals surface area contributed by atoms with E-state index in [1.54, 1.807) is 0 Å². The molecule has 0 fully saturated rings. The fraction of sp³-hybridized carbons (Fsp3) is 0.600. The third kappa shape index (κ3) is 5.73. The summed E-state index contributed by atoms with van der Waals surface area (Å²) >= 11 is 9.60. The van der Waals surface area contributed by atoms with E-state index in [1.807, 2.05) is 18.2 Å². The van der Waals surface area contributed by atoms with Gasteiger partial charge in [-0.1, -0.05) is 79.0 Å². The molecule has 1 rings (SSSR count). The Labute approximate surface area is 124 Å². The maximum absolute atomic E-state index is 6.20. The van der Waals surface area contributed by atoms with Gasteiger partial charge in [-0.2, -0.15) is 0 Å². The minimum Gasteiger partial charge on any atom is -0.324 e. The largest absolute Gasteiger partial charge is 0.324 e. The minimum atomic E-state index is 0.0665. The molecule has 1 aromatic rings. The van der Waals surface area contributed by atoms with Crippen LogP contribution in [0.25, 0.3) is 0 Å². The van der Waals surface area contributed by atoms with Gasteiger partial charge in [-0.3, -0.25) is 0 Å². The Hall–Kier alpha value is -0.0500. The molecule has 1 aromatic carbocycles. The lowest BCUT2D eigenvalue weighted by Crippen LogP contribution is -2.10. The fourth-order valence-corrected chi connectivity index (χ4v) is 2.92. The molecule has 0 bridgehead atoms. The molecule has 0 saturated heterocycles. The Balaban J connectivity index is 2.29. The zero-order chi connectivity index (χ0) is 13.4. The van der Waals surface area contributed by atoms with Crippen LogP contribution in [-0.2, 0) is 0 Å². The van der Waals surface area contributed by atoms with Crippen molar-refractivity contribution in [2.45, 2.75) is 57.9 Å². The summed E-state index contributed by atoms with van der Waals surface area (Å²) in [7, 11) is 0. The van der Waals surface area contributed by atoms with Gasteiger partial charge in [0.1, 0.15) is 0 Å². The Morgan fingerprint density at radius 1 is 1.17 bits per heavy atom. The highest BCUT2D eigenvalue weighted by atomic mass is 79.9. The first-order valence-electron chi connectivity index (χ1n) is 6.85. The number of hydrogen-bond donors (Lipinski definition) is 1. The summed E-state index contributed by atoms with van der Waals surface area (Å²) in [5.74, 6) is 0. The van der Waals surface area contributed by atoms with Gasteiger partial charge in [0.2, 0.25) is 0 Å². The van der Waals surface area contributed by atoms with Gasteiger partial charge < -0.3 is 5.73 Å². The maximum Gasteiger partial charge on any atom is 0.0464 e. The van der Waals surface area contributed by atoms with Gasteiger partial charge in [0.25, 0.3) is 0 Å². The van der Waals surface area contributed by atoms with Crippen molar-refractivity contribution in [2.24, 2.45) is 5.73 Å². The second kappa shape index (κ2) is 8.95. The van der Waals surface area contributed by atoms with Crippen molar-refractivity contribution in [1.29, 1.82) is 0 Å². The number of rotatable bonds is 8. The van der Waals surface area contributed by atoms with Crippen LogP contribution in [0.4, 0.5) is 0 Å². The molecule has 102 valence electrons. The Morgan fingerprint density at radius 2 is 1.83 bits per heavy atom. The molecule has 0 aliphatic rings. The summed E-state index contributed by atoms with van der Waals surface area (Å²) in [5.41, 5.74) is 7.25. The topological polar surface area (TPSA) is 26.0 Å². The molecule has 2 N–H and O–H groups in total. The van der Waals surface area contributed by atoms with Crippen molar-refractivity contribution < 1.29 is 0 Å². The van der Waals surface area contributed by atoms with E-state index < -0.39 is 0 Å². The van der Waals surface area contributed by atoms with E-state index in [2.05, 4.69) is 22.9 Å². The van der Waals surface area contributed by atoms with Crippen molar-refractivity contribution in [2.75, 3.05) is 0 Å². The van der Waals surface area contributed by atoms with Crippen LogP contribution in [0.15, 0.2) is 22.7 Å². The molecule has 1 nitrogen and oxygen atoms in total. The lowest BCUT2D eigenvalue weighted by atomic mass is 10.0. The molecule has 0 amide bonds. The van der Waals surface area contributed by atoms with Crippen molar-refractivity contribution in [3.05, 3.63) is 33.3 Å². The molecule has 0 spiro atoms. The zero-order valence-corrected chi connectivity index (χ0v) is 13.4. The van der Waals surface area contributed by atoms with Crippen molar-refractivity contribution >= 4 is 27.5 Å². The average molecular weight is 333 g/mol. The van der Waals surface area contributed by atoms with Crippen LogP contribution in [-0.4, -0.2) is 0 Å². The quantitative estimate of drug-likeness (QED) is 0.593. The highest BCUT2D eigenvalue weighted by Gasteiger charge is 2.09. The van der Waals surface area contributed by atoms with E-state index >= 15 is 0 Å². The predicted octanol–water partition coefficient (Wildman–Crippen LogP) is 5.85. The van der Waals surface area contributed by atoms with Crippen molar-refractivity contribution in [3.63, 3.8) is 0 Å². The molecular formula is C15H23BrClN. The molecular weight excluding hydrogens is 310 g/mol. The van der Waals surface area contributed by atoms with Crippen LogP contribution in [0.5, 0.6) is 0 Å². The van der Waals surface area contributed by atoms with E-state index in [9.17, 15) is 0 Å². The zero-order valence-electron chi connectivity index (χ0n) is 11.1. The third-order valence-corrected chi connectivity index (χ3v) is 4.05. The first-order valence-corrected chi connectivity index (χ1v) is 8.02. The highest BCUT2D eigenvalue weighted by Crippen LogP contribution is 2.28. The van der Waals surface area contributed by atoms with Gasteiger partial charge in [0.05, 0.1) is 0 Å². The van der Waals surface area contributed by atoms with Gasteiger partial charge in [-0.15, -0.1) is 0 Å². The molecule has 0 heterocycles. The van der Waals surface area contributed by atoms with Crippen LogP contribution in [0.2, 0.25) is 5.02 Å². The second-order valence-electron chi connectivity index (χ2n) is 4.83. The monoisotopic (exact) mass is 331 g/mol. The number of hydrogen-bond acceptors (Lipinski definition) is 1. The van der Waals surface area contributed by atoms with Crippen LogP contribution in [0.1, 0.15) is 63.5 Å². The fourth-order valence-electron chi connectivity index (χ4n) is 2.10. The number of nitrogens with two attached hydrogens (primary N) is 1. The lowest BCUT2D eigenvalue weighted by Gasteiger charge is -2.13. The molecule has 1 atom stereocenters. The average Bonchev–Trinajstić information content (AvgIpc) is 2.33. The standard InChI is InChI=1S/C15H23BrClN/c1-2-3-4-5-6-7-8-15(18)13-10-9-12(16)11-14(13)17/h9-11,15H,2-8,18H2,1H3. The van der Waals surface area contributed by atoms with E-state index in [1.165, 1.54) is 38.5 Å². The molecule has 0 radical (unpaired) electrons. The van der Waals surface area contributed by atoms with Gasteiger partial charge in [0, 0.05) is 15.5 Å². The molecule has 0 aliphatic carbocycles. The molecule has 0 aromatic heterocycles. The first kappa shape index (κ1) is 16.0. The summed E-state index contributed by atoms with van der Waals surface area (Å²) < 4.78 is 1.00. The van der Waals surface area contributed by atoms with Gasteiger partial charge in [0.15, 0.2) is 0 Å². The Morgan fingerprint density at radius 3 is 2.50 bits per heavy atom. The van der Waals surface area contributed by atoms with E-state index in [4.69, 9.17) is 17.3 Å². The van der Waals surface area contributed by atoms with Crippen LogP contribution < -0.4 is 5.73 Å². The summed E-state index contributed by atoms with van der Waals surface area (Å²) in [4.78, 5) is 0. The summed E-state index contributed by atoms with van der Waals surface area (Å²) in [6.45, 7) is 2.24. The smallest absolute Gasteiger partial charge is 0.0464 e. The SMILES string of the molecule is CCCCCCCCC(N)c1ccc(Br)cc1Cl.